The Kier molecular flexibility index (Phi) is 2.94. The number of ether oxygens (including phenoxy) is 4. The highest BCUT2D eigenvalue weighted by Gasteiger charge is 2.33. The number of phenolic OH excluding ortho intramolecular Hbond substituents is 1. The minimum atomic E-state index is -0.782. The zero-order valence-corrected chi connectivity index (χ0v) is 13.5. The first-order valence-electron chi connectivity index (χ1n) is 7.82. The van der Waals surface area contributed by atoms with Gasteiger partial charge >= 0.3 is 5.63 Å². The largest absolute Gasteiger partial charge is 0.504 e. The predicted octanol–water partition coefficient (Wildman–Crippen LogP) is 3.04. The summed E-state index contributed by atoms with van der Waals surface area (Å²) in [5.74, 6) is 2.09. The van der Waals surface area contributed by atoms with E-state index >= 15 is 0 Å². The predicted molar refractivity (Wildman–Crippen MR) is 90.8 cm³/mol. The van der Waals surface area contributed by atoms with E-state index < -0.39 is 11.9 Å². The van der Waals surface area contributed by atoms with Crippen molar-refractivity contribution >= 4 is 17.0 Å². The molecule has 0 fully saturated rings. The maximum atomic E-state index is 11.4. The second-order valence-electron chi connectivity index (χ2n) is 5.87. The Morgan fingerprint density at radius 3 is 2.73 bits per heavy atom. The third-order valence-corrected chi connectivity index (χ3v) is 4.22. The van der Waals surface area contributed by atoms with Gasteiger partial charge < -0.3 is 28.5 Å². The first-order chi connectivity index (χ1) is 12.6. The molecule has 5 rings (SSSR count). The maximum Gasteiger partial charge on any atom is 0.336 e. The molecule has 1 atom stereocenters. The van der Waals surface area contributed by atoms with Crippen LogP contribution >= 0.6 is 0 Å². The summed E-state index contributed by atoms with van der Waals surface area (Å²) in [4.78, 5) is 11.4. The SMILES string of the molecule is COc1cc2c(cc1O)O[C@@H]1Oc3cc4ccc(=O)oc4cc3OC1=C2. The lowest BCUT2D eigenvalue weighted by atomic mass is 10.1. The van der Waals surface area contributed by atoms with Crippen molar-refractivity contribution in [1.29, 1.82) is 0 Å². The number of hydrogen-bond acceptors (Lipinski definition) is 7. The molecule has 0 unspecified atom stereocenters. The Morgan fingerprint density at radius 2 is 1.88 bits per heavy atom. The Labute approximate surface area is 146 Å². The van der Waals surface area contributed by atoms with Crippen molar-refractivity contribution in [2.75, 3.05) is 7.11 Å². The van der Waals surface area contributed by atoms with Crippen LogP contribution < -0.4 is 24.6 Å². The number of aromatic hydroxyl groups is 1. The number of rotatable bonds is 1. The molecule has 3 aromatic rings. The maximum absolute atomic E-state index is 11.4. The Hall–Kier alpha value is -3.61. The third-order valence-electron chi connectivity index (χ3n) is 4.22. The van der Waals surface area contributed by atoms with Gasteiger partial charge in [-0.25, -0.2) is 4.79 Å². The number of fused-ring (bicyclic) bond motifs is 4. The molecule has 0 spiro atoms. The highest BCUT2D eigenvalue weighted by atomic mass is 16.7. The van der Waals surface area contributed by atoms with Gasteiger partial charge in [-0.3, -0.25) is 0 Å². The Bertz CT molecular complexity index is 1140. The van der Waals surface area contributed by atoms with E-state index in [2.05, 4.69) is 0 Å². The van der Waals surface area contributed by atoms with Crippen molar-refractivity contribution < 1.29 is 28.5 Å². The van der Waals surface area contributed by atoms with Crippen LogP contribution in [0.4, 0.5) is 0 Å². The third kappa shape index (κ3) is 2.17. The van der Waals surface area contributed by atoms with Crippen LogP contribution in [0.3, 0.4) is 0 Å². The molecule has 7 heteroatoms. The molecule has 0 bridgehead atoms. The molecule has 0 saturated heterocycles. The summed E-state index contributed by atoms with van der Waals surface area (Å²) in [6.45, 7) is 0. The van der Waals surface area contributed by atoms with Crippen LogP contribution in [-0.2, 0) is 0 Å². The summed E-state index contributed by atoms with van der Waals surface area (Å²) in [5, 5.41) is 10.6. The van der Waals surface area contributed by atoms with Crippen molar-refractivity contribution in [3.63, 3.8) is 0 Å². The summed E-state index contributed by atoms with van der Waals surface area (Å²) in [5.41, 5.74) is 0.654. The fourth-order valence-electron chi connectivity index (χ4n) is 2.99. The first kappa shape index (κ1) is 14.7. The lowest BCUT2D eigenvalue weighted by Gasteiger charge is -2.32. The van der Waals surface area contributed by atoms with E-state index in [-0.39, 0.29) is 5.75 Å². The van der Waals surface area contributed by atoms with Crippen LogP contribution in [0.5, 0.6) is 28.7 Å². The lowest BCUT2D eigenvalue weighted by Crippen LogP contribution is -2.34. The van der Waals surface area contributed by atoms with Crippen molar-refractivity contribution in [1.82, 2.24) is 0 Å². The Morgan fingerprint density at radius 1 is 1.04 bits per heavy atom. The van der Waals surface area contributed by atoms with E-state index in [9.17, 15) is 9.90 Å². The topological polar surface area (TPSA) is 87.4 Å². The van der Waals surface area contributed by atoms with Gasteiger partial charge in [0.25, 0.3) is 6.29 Å². The van der Waals surface area contributed by atoms with Gasteiger partial charge in [0, 0.05) is 29.1 Å². The zero-order valence-electron chi connectivity index (χ0n) is 13.5. The van der Waals surface area contributed by atoms with Crippen molar-refractivity contribution in [2.24, 2.45) is 0 Å². The van der Waals surface area contributed by atoms with Gasteiger partial charge in [-0.1, -0.05) is 0 Å². The van der Waals surface area contributed by atoms with E-state index in [1.54, 1.807) is 30.3 Å². The summed E-state index contributed by atoms with van der Waals surface area (Å²) in [6.07, 6.45) is 0.968. The number of hydrogen-bond donors (Lipinski definition) is 1. The molecule has 0 saturated carbocycles. The van der Waals surface area contributed by atoms with Crippen molar-refractivity contribution in [3.05, 3.63) is 58.1 Å². The van der Waals surface area contributed by atoms with E-state index in [0.717, 1.165) is 0 Å². The molecular formula is C19H12O7. The highest BCUT2D eigenvalue weighted by molar-refractivity contribution is 5.81. The van der Waals surface area contributed by atoms with Crippen molar-refractivity contribution in [2.45, 2.75) is 6.29 Å². The molecule has 0 radical (unpaired) electrons. The molecule has 1 aromatic heterocycles. The van der Waals surface area contributed by atoms with Gasteiger partial charge in [0.2, 0.25) is 0 Å². The standard InChI is InChI=1S/C19H12O7/c1-22-14-5-10-6-17-19(25-12(10)7-11(14)20)26-15-4-9-2-3-18(21)24-13(9)8-16(15)23-17/h2-8,19-20H,1H3/t19-/m1/s1. The van der Waals surface area contributed by atoms with Gasteiger partial charge in [-0.2, -0.15) is 0 Å². The van der Waals surface area contributed by atoms with Crippen LogP contribution in [0, 0.1) is 0 Å². The average molecular weight is 352 g/mol. The second-order valence-corrected chi connectivity index (χ2v) is 5.87. The van der Waals surface area contributed by atoms with E-state index in [4.69, 9.17) is 23.4 Å². The fourth-order valence-corrected chi connectivity index (χ4v) is 2.99. The van der Waals surface area contributed by atoms with Crippen LogP contribution in [-0.4, -0.2) is 18.5 Å². The molecule has 7 nitrogen and oxygen atoms in total. The van der Waals surface area contributed by atoms with E-state index in [1.807, 2.05) is 0 Å². The van der Waals surface area contributed by atoms with Gasteiger partial charge in [0.05, 0.1) is 7.11 Å². The molecule has 2 aliphatic rings. The Balaban J connectivity index is 1.60. The van der Waals surface area contributed by atoms with Gasteiger partial charge in [-0.05, 0) is 24.3 Å². The molecule has 0 amide bonds. The summed E-state index contributed by atoms with van der Waals surface area (Å²) < 4.78 is 27.9. The fraction of sp³-hybridized carbons (Fsp3) is 0.105. The van der Waals surface area contributed by atoms with Crippen LogP contribution in [0.2, 0.25) is 0 Å². The molecule has 3 heterocycles. The molecule has 1 N–H and O–H groups in total. The molecule has 2 aromatic carbocycles. The van der Waals surface area contributed by atoms with Crippen LogP contribution in [0.25, 0.3) is 17.0 Å². The average Bonchev–Trinajstić information content (AvgIpc) is 2.62. The minimum Gasteiger partial charge on any atom is -0.504 e. The number of benzene rings is 2. The van der Waals surface area contributed by atoms with E-state index in [0.29, 0.717) is 45.3 Å². The zero-order chi connectivity index (χ0) is 17.8. The van der Waals surface area contributed by atoms with Crippen molar-refractivity contribution in [3.8, 4) is 28.7 Å². The number of phenols is 1. The number of methoxy groups -OCH3 is 1. The normalized spacial score (nSPS) is 17.0. The summed E-state index contributed by atoms with van der Waals surface area (Å²) >= 11 is 0. The second kappa shape index (κ2) is 5.19. The molecular weight excluding hydrogens is 340 g/mol. The van der Waals surface area contributed by atoms with Gasteiger partial charge in [0.15, 0.2) is 28.8 Å². The molecule has 130 valence electrons. The highest BCUT2D eigenvalue weighted by Crippen LogP contribution is 2.44. The summed E-state index contributed by atoms with van der Waals surface area (Å²) in [6, 6.07) is 9.43. The van der Waals surface area contributed by atoms with Gasteiger partial charge in [0.1, 0.15) is 11.3 Å². The van der Waals surface area contributed by atoms with Crippen LogP contribution in [0.1, 0.15) is 5.56 Å². The molecule has 0 aliphatic carbocycles. The van der Waals surface area contributed by atoms with Crippen LogP contribution in [0.15, 0.2) is 51.4 Å². The summed E-state index contributed by atoms with van der Waals surface area (Å²) in [7, 11) is 1.47. The minimum absolute atomic E-state index is 0.0266. The van der Waals surface area contributed by atoms with Gasteiger partial charge in [-0.15, -0.1) is 0 Å². The smallest absolute Gasteiger partial charge is 0.336 e. The van der Waals surface area contributed by atoms with E-state index in [1.165, 1.54) is 19.2 Å². The quantitative estimate of drug-likeness (QED) is 0.674. The first-order valence-corrected chi connectivity index (χ1v) is 7.82. The molecule has 2 aliphatic heterocycles. The lowest BCUT2D eigenvalue weighted by molar-refractivity contribution is -0.0102. The molecule has 26 heavy (non-hydrogen) atoms. The monoisotopic (exact) mass is 352 g/mol.